The van der Waals surface area contributed by atoms with E-state index in [0.717, 1.165) is 10.9 Å². The van der Waals surface area contributed by atoms with E-state index in [-0.39, 0.29) is 25.0 Å². The molecule has 156 valence electrons. The van der Waals surface area contributed by atoms with Crippen LogP contribution in [0.1, 0.15) is 5.56 Å². The fourth-order valence-electron chi connectivity index (χ4n) is 2.83. The zero-order valence-electron chi connectivity index (χ0n) is 16.9. The first-order valence-electron chi connectivity index (χ1n) is 9.21. The number of benzene rings is 2. The molecule has 1 heterocycles. The molecule has 3 rings (SSSR count). The summed E-state index contributed by atoms with van der Waals surface area (Å²) in [6.07, 6.45) is 0. The van der Waals surface area contributed by atoms with Gasteiger partial charge in [0.15, 0.2) is 6.61 Å². The van der Waals surface area contributed by atoms with Gasteiger partial charge < -0.3 is 24.1 Å². The maximum absolute atomic E-state index is 12.3. The smallest absolute Gasteiger partial charge is 0.336 e. The van der Waals surface area contributed by atoms with Crippen LogP contribution < -0.4 is 20.4 Å². The number of ether oxygens (including phenoxy) is 2. The van der Waals surface area contributed by atoms with Crippen molar-refractivity contribution in [3.8, 4) is 11.5 Å². The summed E-state index contributed by atoms with van der Waals surface area (Å²) in [4.78, 5) is 37.2. The fourth-order valence-corrected chi connectivity index (χ4v) is 2.83. The SMILES string of the molecule is COc1ccc(NC(=O)CN(C)C(=O)COc2ccc3c(C)cc(=O)oc3c2)cc1. The third-order valence-electron chi connectivity index (χ3n) is 4.47. The average Bonchev–Trinajstić information content (AvgIpc) is 2.72. The van der Waals surface area contributed by atoms with E-state index >= 15 is 0 Å². The Bertz CT molecular complexity index is 1120. The van der Waals surface area contributed by atoms with Crippen molar-refractivity contribution >= 4 is 28.5 Å². The van der Waals surface area contributed by atoms with Gasteiger partial charge in [0.2, 0.25) is 5.91 Å². The number of anilines is 1. The molecule has 0 aliphatic carbocycles. The van der Waals surface area contributed by atoms with Gasteiger partial charge in [-0.2, -0.15) is 0 Å². The van der Waals surface area contributed by atoms with Crippen molar-refractivity contribution in [2.45, 2.75) is 6.92 Å². The third kappa shape index (κ3) is 5.16. The van der Waals surface area contributed by atoms with E-state index in [1.165, 1.54) is 18.0 Å². The largest absolute Gasteiger partial charge is 0.497 e. The van der Waals surface area contributed by atoms with Crippen LogP contribution >= 0.6 is 0 Å². The summed E-state index contributed by atoms with van der Waals surface area (Å²) in [5.41, 5.74) is 1.34. The van der Waals surface area contributed by atoms with Crippen molar-refractivity contribution in [3.05, 3.63) is 64.5 Å². The van der Waals surface area contributed by atoms with Gasteiger partial charge in [0, 0.05) is 30.3 Å². The molecule has 0 unspecified atom stereocenters. The van der Waals surface area contributed by atoms with E-state index in [1.54, 1.807) is 49.6 Å². The van der Waals surface area contributed by atoms with Crippen LogP contribution in [0.4, 0.5) is 5.69 Å². The number of carbonyl (C=O) groups is 2. The van der Waals surface area contributed by atoms with Crippen LogP contribution in [-0.2, 0) is 9.59 Å². The molecule has 2 aromatic carbocycles. The lowest BCUT2D eigenvalue weighted by atomic mass is 10.1. The number of rotatable bonds is 7. The zero-order valence-corrected chi connectivity index (χ0v) is 16.9. The fraction of sp³-hybridized carbons (Fsp3) is 0.227. The minimum absolute atomic E-state index is 0.125. The first-order valence-corrected chi connectivity index (χ1v) is 9.21. The van der Waals surface area contributed by atoms with Gasteiger partial charge in [-0.05, 0) is 48.9 Å². The Hall–Kier alpha value is -3.81. The number of fused-ring (bicyclic) bond motifs is 1. The number of hydrogen-bond acceptors (Lipinski definition) is 6. The first-order chi connectivity index (χ1) is 14.4. The van der Waals surface area contributed by atoms with Crippen molar-refractivity contribution in [1.82, 2.24) is 4.90 Å². The van der Waals surface area contributed by atoms with Gasteiger partial charge in [-0.1, -0.05) is 0 Å². The Labute approximate surface area is 173 Å². The van der Waals surface area contributed by atoms with Crippen molar-refractivity contribution in [2.24, 2.45) is 0 Å². The molecule has 0 atom stereocenters. The van der Waals surface area contributed by atoms with Gasteiger partial charge in [-0.3, -0.25) is 9.59 Å². The molecule has 0 aliphatic heterocycles. The van der Waals surface area contributed by atoms with E-state index in [2.05, 4.69) is 5.32 Å². The summed E-state index contributed by atoms with van der Waals surface area (Å²) >= 11 is 0. The Balaban J connectivity index is 1.54. The highest BCUT2D eigenvalue weighted by Gasteiger charge is 2.14. The van der Waals surface area contributed by atoms with Crippen LogP contribution in [0.15, 0.2) is 57.7 Å². The number of hydrogen-bond donors (Lipinski definition) is 1. The lowest BCUT2D eigenvalue weighted by molar-refractivity contribution is -0.135. The van der Waals surface area contributed by atoms with Crippen LogP contribution in [0.2, 0.25) is 0 Å². The topological polar surface area (TPSA) is 98.1 Å². The van der Waals surface area contributed by atoms with Gasteiger partial charge in [-0.15, -0.1) is 0 Å². The average molecular weight is 410 g/mol. The molecule has 0 aliphatic rings. The summed E-state index contributed by atoms with van der Waals surface area (Å²) in [7, 11) is 3.08. The highest BCUT2D eigenvalue weighted by molar-refractivity contribution is 5.94. The maximum Gasteiger partial charge on any atom is 0.336 e. The molecule has 0 saturated carbocycles. The number of aryl methyl sites for hydroxylation is 1. The summed E-state index contributed by atoms with van der Waals surface area (Å²) in [5, 5.41) is 3.50. The van der Waals surface area contributed by atoms with E-state index in [1.807, 2.05) is 6.92 Å². The van der Waals surface area contributed by atoms with Gasteiger partial charge >= 0.3 is 5.63 Å². The lowest BCUT2D eigenvalue weighted by Gasteiger charge is -2.17. The number of likely N-dealkylation sites (N-methyl/N-ethyl adjacent to an activating group) is 1. The Morgan fingerprint density at radius 1 is 1.07 bits per heavy atom. The van der Waals surface area contributed by atoms with Gasteiger partial charge in [0.05, 0.1) is 13.7 Å². The minimum Gasteiger partial charge on any atom is -0.497 e. The second-order valence-electron chi connectivity index (χ2n) is 6.72. The highest BCUT2D eigenvalue weighted by Crippen LogP contribution is 2.22. The van der Waals surface area contributed by atoms with Crippen molar-refractivity contribution in [3.63, 3.8) is 0 Å². The standard InChI is InChI=1S/C22H22N2O6/c1-14-10-22(27)30-19-11-17(8-9-18(14)19)29-13-21(26)24(2)12-20(25)23-15-4-6-16(28-3)7-5-15/h4-11H,12-13H2,1-3H3,(H,23,25). The highest BCUT2D eigenvalue weighted by atomic mass is 16.5. The summed E-state index contributed by atoms with van der Waals surface area (Å²) < 4.78 is 15.7. The normalized spacial score (nSPS) is 10.5. The minimum atomic E-state index is -0.448. The number of amides is 2. The molecule has 0 bridgehead atoms. The summed E-state index contributed by atoms with van der Waals surface area (Å²) in [6.45, 7) is 1.43. The number of methoxy groups -OCH3 is 1. The molecule has 2 amide bonds. The van der Waals surface area contributed by atoms with Crippen LogP contribution in [0, 0.1) is 6.92 Å². The molecule has 1 aromatic heterocycles. The van der Waals surface area contributed by atoms with E-state index in [9.17, 15) is 14.4 Å². The first kappa shape index (κ1) is 20.9. The quantitative estimate of drug-likeness (QED) is 0.601. The van der Waals surface area contributed by atoms with Crippen LogP contribution in [-0.4, -0.2) is 44.0 Å². The van der Waals surface area contributed by atoms with E-state index in [0.29, 0.717) is 22.8 Å². The number of nitrogens with zero attached hydrogens (tertiary/aromatic N) is 1. The van der Waals surface area contributed by atoms with Crippen LogP contribution in [0.25, 0.3) is 11.0 Å². The predicted molar refractivity (Wildman–Crippen MR) is 112 cm³/mol. The molecule has 0 saturated heterocycles. The molecule has 30 heavy (non-hydrogen) atoms. The maximum atomic E-state index is 12.3. The van der Waals surface area contributed by atoms with Gasteiger partial charge in [0.25, 0.3) is 5.91 Å². The second-order valence-corrected chi connectivity index (χ2v) is 6.72. The van der Waals surface area contributed by atoms with Crippen LogP contribution in [0.3, 0.4) is 0 Å². The molecule has 0 radical (unpaired) electrons. The zero-order chi connectivity index (χ0) is 21.7. The summed E-state index contributed by atoms with van der Waals surface area (Å²) in [6, 6.07) is 13.3. The van der Waals surface area contributed by atoms with Crippen LogP contribution in [0.5, 0.6) is 11.5 Å². The molecule has 8 nitrogen and oxygen atoms in total. The molecule has 3 aromatic rings. The molecule has 0 spiro atoms. The van der Waals surface area contributed by atoms with Crippen molar-refractivity contribution < 1.29 is 23.5 Å². The molecular formula is C22H22N2O6. The van der Waals surface area contributed by atoms with Crippen molar-refractivity contribution in [2.75, 3.05) is 32.6 Å². The third-order valence-corrected chi connectivity index (χ3v) is 4.47. The second kappa shape index (κ2) is 9.13. The van der Waals surface area contributed by atoms with E-state index in [4.69, 9.17) is 13.9 Å². The Kier molecular flexibility index (Phi) is 6.36. The van der Waals surface area contributed by atoms with Gasteiger partial charge in [-0.25, -0.2) is 4.79 Å². The predicted octanol–water partition coefficient (Wildman–Crippen LogP) is 2.59. The number of carbonyl (C=O) groups excluding carboxylic acids is 2. The monoisotopic (exact) mass is 410 g/mol. The summed E-state index contributed by atoms with van der Waals surface area (Å²) in [5.74, 6) is 0.367. The number of nitrogens with one attached hydrogen (secondary N) is 1. The Morgan fingerprint density at radius 3 is 2.47 bits per heavy atom. The molecule has 8 heteroatoms. The van der Waals surface area contributed by atoms with Gasteiger partial charge in [0.1, 0.15) is 17.1 Å². The molecular weight excluding hydrogens is 388 g/mol. The Morgan fingerprint density at radius 2 is 1.77 bits per heavy atom. The van der Waals surface area contributed by atoms with Crippen molar-refractivity contribution in [1.29, 1.82) is 0 Å². The molecule has 0 fully saturated rings. The molecule has 1 N–H and O–H groups in total. The lowest BCUT2D eigenvalue weighted by Crippen LogP contribution is -2.37. The van der Waals surface area contributed by atoms with E-state index < -0.39 is 5.63 Å².